The van der Waals surface area contributed by atoms with Crippen LogP contribution in [-0.4, -0.2) is 21.7 Å². The molecule has 0 amide bonds. The van der Waals surface area contributed by atoms with Gasteiger partial charge in [-0.25, -0.2) is 9.07 Å². The molecule has 0 N–H and O–H groups in total. The lowest BCUT2D eigenvalue weighted by molar-refractivity contribution is 0.410. The molecule has 0 saturated heterocycles. The molecule has 0 fully saturated rings. The Hall–Kier alpha value is -2.08. The number of benzene rings is 1. The Labute approximate surface area is 112 Å². The topological polar surface area (TPSA) is 47.8 Å². The van der Waals surface area contributed by atoms with E-state index in [1.54, 1.807) is 6.07 Å². The zero-order valence-electron chi connectivity index (χ0n) is 9.91. The van der Waals surface area contributed by atoms with E-state index in [0.717, 1.165) is 15.1 Å². The number of thiophene rings is 1. The molecule has 3 aromatic rings. The number of hydrogen-bond acceptors (Lipinski definition) is 4. The van der Waals surface area contributed by atoms with Gasteiger partial charge in [-0.1, -0.05) is 35.5 Å². The molecule has 2 aromatic heterocycles. The van der Waals surface area contributed by atoms with Crippen molar-refractivity contribution in [3.8, 4) is 10.4 Å². The van der Waals surface area contributed by atoms with Crippen LogP contribution in [0.4, 0.5) is 4.39 Å². The van der Waals surface area contributed by atoms with Gasteiger partial charge >= 0.3 is 0 Å². The molecule has 0 unspecified atom stereocenters. The largest absolute Gasteiger partial charge is 0.278 e. The zero-order chi connectivity index (χ0) is 13.2. The summed E-state index contributed by atoms with van der Waals surface area (Å²) in [6, 6.07) is 11.5. The molecule has 0 saturated carbocycles. The van der Waals surface area contributed by atoms with Crippen LogP contribution in [0.5, 0.6) is 0 Å². The summed E-state index contributed by atoms with van der Waals surface area (Å²) in [7, 11) is 0. The van der Waals surface area contributed by atoms with Gasteiger partial charge in [-0.2, -0.15) is 0 Å². The first kappa shape index (κ1) is 12.0. The molecule has 0 atom stereocenters. The van der Waals surface area contributed by atoms with E-state index in [4.69, 9.17) is 0 Å². The molecule has 3 rings (SSSR count). The summed E-state index contributed by atoms with van der Waals surface area (Å²) in [6.45, 7) is -0.686. The number of fused-ring (bicyclic) bond motifs is 1. The molecule has 0 aliphatic heterocycles. The predicted molar refractivity (Wildman–Crippen MR) is 73.1 cm³/mol. The summed E-state index contributed by atoms with van der Waals surface area (Å²) >= 11 is 1.41. The normalized spacial score (nSPS) is 11.0. The number of aryl methyl sites for hydroxylation is 1. The number of hydrogen-bond donors (Lipinski definition) is 0. The van der Waals surface area contributed by atoms with Gasteiger partial charge in [-0.15, -0.1) is 16.4 Å². The lowest BCUT2D eigenvalue weighted by Gasteiger charge is -1.97. The second-order valence-corrected chi connectivity index (χ2v) is 5.03. The second kappa shape index (κ2) is 4.89. The highest BCUT2D eigenvalue weighted by molar-refractivity contribution is 7.21. The number of nitrogens with zero attached hydrogens (tertiary/aromatic N) is 3. The summed E-state index contributed by atoms with van der Waals surface area (Å²) in [4.78, 5) is 13.6. The van der Waals surface area contributed by atoms with Gasteiger partial charge in [-0.05, 0) is 11.6 Å². The van der Waals surface area contributed by atoms with Crippen molar-refractivity contribution in [2.75, 3.05) is 6.67 Å². The van der Waals surface area contributed by atoms with Crippen LogP contribution in [0.2, 0.25) is 0 Å². The molecule has 0 radical (unpaired) electrons. The van der Waals surface area contributed by atoms with Crippen molar-refractivity contribution >= 4 is 21.6 Å². The van der Waals surface area contributed by atoms with Crippen LogP contribution in [0.25, 0.3) is 20.7 Å². The van der Waals surface area contributed by atoms with Crippen molar-refractivity contribution < 1.29 is 4.39 Å². The first-order valence-electron chi connectivity index (χ1n) is 5.78. The summed E-state index contributed by atoms with van der Waals surface area (Å²) in [5.41, 5.74) is 0.739. The van der Waals surface area contributed by atoms with E-state index in [2.05, 4.69) is 10.3 Å². The standard InChI is InChI=1S/C13H10FN3OS/c14-6-7-17-13(18)10-8-11(19-12(10)15-16-17)9-4-2-1-3-5-9/h1-5,8H,6-7H2. The molecule has 2 heterocycles. The minimum Gasteiger partial charge on any atom is -0.267 e. The van der Waals surface area contributed by atoms with Gasteiger partial charge in [0.1, 0.15) is 6.67 Å². The Balaban J connectivity index is 2.16. The van der Waals surface area contributed by atoms with E-state index in [9.17, 15) is 9.18 Å². The first-order valence-corrected chi connectivity index (χ1v) is 6.60. The van der Waals surface area contributed by atoms with Gasteiger partial charge in [0.05, 0.1) is 11.9 Å². The van der Waals surface area contributed by atoms with Crippen molar-refractivity contribution in [1.82, 2.24) is 15.0 Å². The Morgan fingerprint density at radius 1 is 1.26 bits per heavy atom. The molecule has 1 aromatic carbocycles. The number of rotatable bonds is 3. The maximum Gasteiger partial charge on any atom is 0.278 e. The quantitative estimate of drug-likeness (QED) is 0.738. The molecule has 0 aliphatic rings. The maximum atomic E-state index is 12.3. The molecule has 19 heavy (non-hydrogen) atoms. The summed E-state index contributed by atoms with van der Waals surface area (Å²) < 4.78 is 13.4. The maximum absolute atomic E-state index is 12.3. The molecular weight excluding hydrogens is 265 g/mol. The fraction of sp³-hybridized carbons (Fsp3) is 0.154. The van der Waals surface area contributed by atoms with Crippen molar-refractivity contribution in [2.24, 2.45) is 0 Å². The van der Waals surface area contributed by atoms with Crippen molar-refractivity contribution in [2.45, 2.75) is 6.54 Å². The Morgan fingerprint density at radius 2 is 2.05 bits per heavy atom. The summed E-state index contributed by atoms with van der Waals surface area (Å²) in [6.07, 6.45) is 0. The molecule has 4 nitrogen and oxygen atoms in total. The van der Waals surface area contributed by atoms with Gasteiger partial charge in [0.25, 0.3) is 5.56 Å². The molecule has 96 valence electrons. The monoisotopic (exact) mass is 275 g/mol. The van der Waals surface area contributed by atoms with Gasteiger partial charge in [0.15, 0.2) is 4.83 Å². The molecule has 0 bridgehead atoms. The lowest BCUT2D eigenvalue weighted by atomic mass is 10.2. The average Bonchev–Trinajstić information content (AvgIpc) is 2.88. The van der Waals surface area contributed by atoms with Crippen LogP contribution < -0.4 is 5.56 Å². The highest BCUT2D eigenvalue weighted by Gasteiger charge is 2.11. The van der Waals surface area contributed by atoms with Crippen LogP contribution >= 0.6 is 11.3 Å². The van der Waals surface area contributed by atoms with E-state index >= 15 is 0 Å². The highest BCUT2D eigenvalue weighted by Crippen LogP contribution is 2.30. The van der Waals surface area contributed by atoms with E-state index < -0.39 is 6.67 Å². The molecular formula is C13H10FN3OS. The molecule has 0 aliphatic carbocycles. The van der Waals surface area contributed by atoms with Crippen LogP contribution in [-0.2, 0) is 6.54 Å². The highest BCUT2D eigenvalue weighted by atomic mass is 32.1. The van der Waals surface area contributed by atoms with Crippen molar-refractivity contribution in [3.63, 3.8) is 0 Å². The fourth-order valence-corrected chi connectivity index (χ4v) is 2.83. The van der Waals surface area contributed by atoms with Crippen LogP contribution in [0.15, 0.2) is 41.2 Å². The number of aromatic nitrogens is 3. The Bertz CT molecular complexity index is 766. The van der Waals surface area contributed by atoms with Crippen LogP contribution in [0.3, 0.4) is 0 Å². The third kappa shape index (κ3) is 2.15. The predicted octanol–water partition coefficient (Wildman–Crippen LogP) is 2.49. The summed E-state index contributed by atoms with van der Waals surface area (Å²) in [5, 5.41) is 8.19. The van der Waals surface area contributed by atoms with E-state index in [1.807, 2.05) is 30.3 Å². The zero-order valence-corrected chi connectivity index (χ0v) is 10.7. The minimum absolute atomic E-state index is 0.0573. The van der Waals surface area contributed by atoms with E-state index in [-0.39, 0.29) is 12.1 Å². The molecule has 0 spiro atoms. The minimum atomic E-state index is -0.629. The smallest absolute Gasteiger partial charge is 0.267 e. The second-order valence-electron chi connectivity index (χ2n) is 4.00. The SMILES string of the molecule is O=c1c2cc(-c3ccccc3)sc2nnn1CCF. The number of alkyl halides is 1. The average molecular weight is 275 g/mol. The lowest BCUT2D eigenvalue weighted by Crippen LogP contribution is -2.24. The van der Waals surface area contributed by atoms with Gasteiger partial charge in [0.2, 0.25) is 0 Å². The van der Waals surface area contributed by atoms with Crippen molar-refractivity contribution in [1.29, 1.82) is 0 Å². The van der Waals surface area contributed by atoms with Gasteiger partial charge in [0, 0.05) is 4.88 Å². The number of halogens is 1. The van der Waals surface area contributed by atoms with Gasteiger partial charge < -0.3 is 0 Å². The Morgan fingerprint density at radius 3 is 2.79 bits per heavy atom. The van der Waals surface area contributed by atoms with Gasteiger partial charge in [-0.3, -0.25) is 4.79 Å². The molecule has 6 heteroatoms. The first-order chi connectivity index (χ1) is 9.29. The third-order valence-electron chi connectivity index (χ3n) is 2.78. The Kier molecular flexibility index (Phi) is 3.08. The van der Waals surface area contributed by atoms with E-state index in [1.165, 1.54) is 11.3 Å². The van der Waals surface area contributed by atoms with E-state index in [0.29, 0.717) is 10.2 Å². The fourth-order valence-electron chi connectivity index (χ4n) is 1.85. The summed E-state index contributed by atoms with van der Waals surface area (Å²) in [5.74, 6) is 0. The van der Waals surface area contributed by atoms with Crippen molar-refractivity contribution in [3.05, 3.63) is 46.8 Å². The third-order valence-corrected chi connectivity index (χ3v) is 3.84. The van der Waals surface area contributed by atoms with Crippen LogP contribution in [0, 0.1) is 0 Å². The van der Waals surface area contributed by atoms with Crippen LogP contribution in [0.1, 0.15) is 0 Å².